The number of benzene rings is 3. The highest BCUT2D eigenvalue weighted by molar-refractivity contribution is 7.89. The molecule has 0 radical (unpaired) electrons. The van der Waals surface area contributed by atoms with Gasteiger partial charge < -0.3 is 4.90 Å². The third kappa shape index (κ3) is 6.45. The number of hydrogen-bond acceptors (Lipinski definition) is 4. The van der Waals surface area contributed by atoms with Crippen LogP contribution in [0.2, 0.25) is 5.02 Å². The summed E-state index contributed by atoms with van der Waals surface area (Å²) < 4.78 is 28.7. The zero-order chi connectivity index (χ0) is 24.0. The van der Waals surface area contributed by atoms with Crippen molar-refractivity contribution in [2.24, 2.45) is 0 Å². The van der Waals surface area contributed by atoms with E-state index in [9.17, 15) is 13.2 Å². The first-order valence-electron chi connectivity index (χ1n) is 11.3. The molecule has 8 heteroatoms. The molecule has 1 amide bonds. The van der Waals surface area contributed by atoms with Gasteiger partial charge in [-0.25, -0.2) is 13.1 Å². The maximum absolute atomic E-state index is 13.2. The molecule has 1 atom stereocenters. The summed E-state index contributed by atoms with van der Waals surface area (Å²) in [4.78, 5) is 17.5. The van der Waals surface area contributed by atoms with Gasteiger partial charge in [0.25, 0.3) is 0 Å². The maximum Gasteiger partial charge on any atom is 0.241 e. The monoisotopic (exact) mass is 497 g/mol. The second-order valence-corrected chi connectivity index (χ2v) is 10.5. The van der Waals surface area contributed by atoms with Crippen LogP contribution in [0.15, 0.2) is 89.8 Å². The fourth-order valence-corrected chi connectivity index (χ4v) is 5.45. The lowest BCUT2D eigenvalue weighted by Crippen LogP contribution is -2.49. The molecule has 0 spiro atoms. The molecule has 34 heavy (non-hydrogen) atoms. The number of piperazine rings is 1. The third-order valence-corrected chi connectivity index (χ3v) is 7.72. The summed E-state index contributed by atoms with van der Waals surface area (Å²) in [5.41, 5.74) is 1.94. The molecule has 1 fully saturated rings. The standard InChI is InChI=1S/C26H28ClN3O3S/c27-23-13-11-22(12-14-23)25(28-34(32,33)24-9-5-2-6-10-24)19-26(31)30-17-15-29(16-18-30)20-21-7-3-1-4-8-21/h1-14,25,28H,15-20H2. The van der Waals surface area contributed by atoms with Crippen LogP contribution in [0, 0.1) is 0 Å². The SMILES string of the molecule is O=C(CC(NS(=O)(=O)c1ccccc1)c1ccc(Cl)cc1)N1CCN(Cc2ccccc2)CC1. The minimum atomic E-state index is -3.80. The van der Waals surface area contributed by atoms with Gasteiger partial charge in [-0.2, -0.15) is 0 Å². The fourth-order valence-electron chi connectivity index (χ4n) is 4.08. The molecule has 1 aliphatic rings. The number of rotatable bonds is 8. The number of sulfonamides is 1. The Morgan fingerprint density at radius 3 is 2.06 bits per heavy atom. The molecular weight excluding hydrogens is 470 g/mol. The van der Waals surface area contributed by atoms with Gasteiger partial charge in [0.1, 0.15) is 0 Å². The van der Waals surface area contributed by atoms with Crippen LogP contribution in [-0.2, 0) is 21.4 Å². The van der Waals surface area contributed by atoms with Crippen molar-refractivity contribution in [3.05, 3.63) is 101 Å². The van der Waals surface area contributed by atoms with E-state index in [0.29, 0.717) is 23.7 Å². The molecule has 178 valence electrons. The van der Waals surface area contributed by atoms with Crippen LogP contribution in [0.4, 0.5) is 0 Å². The molecule has 1 saturated heterocycles. The van der Waals surface area contributed by atoms with Gasteiger partial charge in [-0.15, -0.1) is 0 Å². The van der Waals surface area contributed by atoms with Crippen LogP contribution in [0.1, 0.15) is 23.6 Å². The molecule has 3 aromatic rings. The molecule has 0 aromatic heterocycles. The third-order valence-electron chi connectivity index (χ3n) is 5.98. The molecule has 1 unspecified atom stereocenters. The second-order valence-electron chi connectivity index (χ2n) is 8.39. The molecule has 0 saturated carbocycles. The molecule has 1 heterocycles. The highest BCUT2D eigenvalue weighted by Gasteiger charge is 2.27. The average molecular weight is 498 g/mol. The smallest absolute Gasteiger partial charge is 0.241 e. The Bertz CT molecular complexity index is 1180. The topological polar surface area (TPSA) is 69.7 Å². The lowest BCUT2D eigenvalue weighted by Gasteiger charge is -2.35. The lowest BCUT2D eigenvalue weighted by molar-refractivity contribution is -0.133. The van der Waals surface area contributed by atoms with Gasteiger partial charge in [0, 0.05) is 44.2 Å². The van der Waals surface area contributed by atoms with Gasteiger partial charge in [-0.05, 0) is 35.4 Å². The molecule has 1 N–H and O–H groups in total. The van der Waals surface area contributed by atoms with Gasteiger partial charge >= 0.3 is 0 Å². The number of nitrogens with one attached hydrogen (secondary N) is 1. The normalized spacial score (nSPS) is 15.7. The zero-order valence-corrected chi connectivity index (χ0v) is 20.4. The first-order chi connectivity index (χ1) is 16.4. The average Bonchev–Trinajstić information content (AvgIpc) is 2.85. The van der Waals surface area contributed by atoms with Gasteiger partial charge in [0.2, 0.25) is 15.9 Å². The number of halogens is 1. The van der Waals surface area contributed by atoms with E-state index in [1.54, 1.807) is 42.5 Å². The highest BCUT2D eigenvalue weighted by Crippen LogP contribution is 2.24. The molecule has 3 aromatic carbocycles. The Morgan fingerprint density at radius 1 is 0.853 bits per heavy atom. The first kappa shape index (κ1) is 24.4. The van der Waals surface area contributed by atoms with E-state index in [-0.39, 0.29) is 17.2 Å². The van der Waals surface area contributed by atoms with E-state index in [2.05, 4.69) is 21.8 Å². The summed E-state index contributed by atoms with van der Waals surface area (Å²) in [6, 6.07) is 24.7. The Morgan fingerprint density at radius 2 is 1.44 bits per heavy atom. The molecule has 0 aliphatic carbocycles. The van der Waals surface area contributed by atoms with E-state index in [4.69, 9.17) is 11.6 Å². The fraction of sp³-hybridized carbons (Fsp3) is 0.269. The van der Waals surface area contributed by atoms with E-state index < -0.39 is 16.1 Å². The summed E-state index contributed by atoms with van der Waals surface area (Å²) in [6.07, 6.45) is 0.0341. The van der Waals surface area contributed by atoms with E-state index in [1.807, 2.05) is 23.1 Å². The largest absolute Gasteiger partial charge is 0.340 e. The van der Waals surface area contributed by atoms with Crippen molar-refractivity contribution in [2.75, 3.05) is 26.2 Å². The number of carbonyl (C=O) groups is 1. The number of hydrogen-bond donors (Lipinski definition) is 1. The van der Waals surface area contributed by atoms with Crippen molar-refractivity contribution in [2.45, 2.75) is 23.9 Å². The Kier molecular flexibility index (Phi) is 8.00. The molecule has 0 bridgehead atoms. The van der Waals surface area contributed by atoms with Crippen LogP contribution in [0.25, 0.3) is 0 Å². The molecule has 1 aliphatic heterocycles. The van der Waals surface area contributed by atoms with E-state index >= 15 is 0 Å². The number of amides is 1. The summed E-state index contributed by atoms with van der Waals surface area (Å²) in [5, 5.41) is 0.550. The van der Waals surface area contributed by atoms with Crippen molar-refractivity contribution in [3.63, 3.8) is 0 Å². The Balaban J connectivity index is 1.43. The van der Waals surface area contributed by atoms with Gasteiger partial charge in [-0.1, -0.05) is 72.3 Å². The van der Waals surface area contributed by atoms with Crippen molar-refractivity contribution in [1.29, 1.82) is 0 Å². The zero-order valence-electron chi connectivity index (χ0n) is 18.8. The molecule has 4 rings (SSSR count). The first-order valence-corrected chi connectivity index (χ1v) is 13.1. The van der Waals surface area contributed by atoms with Gasteiger partial charge in [-0.3, -0.25) is 9.69 Å². The van der Waals surface area contributed by atoms with Crippen molar-refractivity contribution >= 4 is 27.5 Å². The van der Waals surface area contributed by atoms with Gasteiger partial charge in [0.05, 0.1) is 10.9 Å². The van der Waals surface area contributed by atoms with Gasteiger partial charge in [0.15, 0.2) is 0 Å². The molecule has 6 nitrogen and oxygen atoms in total. The second kappa shape index (κ2) is 11.1. The minimum Gasteiger partial charge on any atom is -0.340 e. The Hall–Kier alpha value is -2.71. The summed E-state index contributed by atoms with van der Waals surface area (Å²) in [7, 11) is -3.80. The van der Waals surface area contributed by atoms with E-state index in [0.717, 1.165) is 19.6 Å². The number of carbonyl (C=O) groups excluding carboxylic acids is 1. The maximum atomic E-state index is 13.2. The van der Waals surface area contributed by atoms with Crippen LogP contribution in [-0.4, -0.2) is 50.3 Å². The predicted octanol–water partition coefficient (Wildman–Crippen LogP) is 4.09. The Labute approximate surface area is 206 Å². The summed E-state index contributed by atoms with van der Waals surface area (Å²) >= 11 is 6.03. The highest BCUT2D eigenvalue weighted by atomic mass is 35.5. The van der Waals surface area contributed by atoms with Crippen LogP contribution in [0.5, 0.6) is 0 Å². The van der Waals surface area contributed by atoms with Crippen molar-refractivity contribution in [3.8, 4) is 0 Å². The van der Waals surface area contributed by atoms with Crippen molar-refractivity contribution in [1.82, 2.24) is 14.5 Å². The summed E-state index contributed by atoms with van der Waals surface area (Å²) in [6.45, 7) is 3.64. The predicted molar refractivity (Wildman–Crippen MR) is 134 cm³/mol. The minimum absolute atomic E-state index is 0.0341. The van der Waals surface area contributed by atoms with Crippen LogP contribution < -0.4 is 4.72 Å². The van der Waals surface area contributed by atoms with E-state index in [1.165, 1.54) is 17.7 Å². The summed E-state index contributed by atoms with van der Waals surface area (Å²) in [5.74, 6) is -0.0740. The van der Waals surface area contributed by atoms with Crippen molar-refractivity contribution < 1.29 is 13.2 Å². The van der Waals surface area contributed by atoms with Crippen LogP contribution >= 0.6 is 11.6 Å². The van der Waals surface area contributed by atoms with Crippen LogP contribution in [0.3, 0.4) is 0 Å². The molecular formula is C26H28ClN3O3S. The quantitative estimate of drug-likeness (QED) is 0.509. The number of nitrogens with zero attached hydrogens (tertiary/aromatic N) is 2. The lowest BCUT2D eigenvalue weighted by atomic mass is 10.0.